The Kier molecular flexibility index (Phi) is 10.9. The number of hydrogen-bond donors (Lipinski definition) is 3. The molecule has 0 radical (unpaired) electrons. The van der Waals surface area contributed by atoms with Crippen LogP contribution in [0.4, 0.5) is 4.79 Å². The molecule has 228 valence electrons. The number of nitrogens with one attached hydrogen (secondary N) is 2. The Balaban J connectivity index is 1.49. The molecule has 3 amide bonds. The number of aliphatic hydroxyl groups excluding tert-OH is 1. The van der Waals surface area contributed by atoms with E-state index in [4.69, 9.17) is 4.74 Å². The fourth-order valence-electron chi connectivity index (χ4n) is 5.61. The fraction of sp³-hybridized carbons (Fsp3) is 0.531. The minimum absolute atomic E-state index is 0.206. The first kappa shape index (κ1) is 32.2. The van der Waals surface area contributed by atoms with E-state index in [-0.39, 0.29) is 29.6 Å². The van der Waals surface area contributed by atoms with Crippen molar-refractivity contribution < 1.29 is 24.2 Å². The largest absolute Gasteiger partial charge is 0.445 e. The van der Waals surface area contributed by atoms with Crippen molar-refractivity contribution >= 4 is 41.4 Å². The predicted octanol–water partition coefficient (Wildman–Crippen LogP) is 4.52. The number of carbonyl (C=O) groups excluding carboxylic acids is 3. The van der Waals surface area contributed by atoms with E-state index in [9.17, 15) is 19.5 Å². The van der Waals surface area contributed by atoms with Crippen LogP contribution in [0.5, 0.6) is 0 Å². The van der Waals surface area contributed by atoms with Crippen molar-refractivity contribution in [2.24, 2.45) is 5.92 Å². The summed E-state index contributed by atoms with van der Waals surface area (Å²) in [5, 5.41) is 17.5. The van der Waals surface area contributed by atoms with Gasteiger partial charge >= 0.3 is 6.09 Å². The van der Waals surface area contributed by atoms with E-state index in [0.717, 1.165) is 28.9 Å². The van der Waals surface area contributed by atoms with Crippen molar-refractivity contribution in [2.45, 2.75) is 88.3 Å². The third-order valence-corrected chi connectivity index (χ3v) is 11.1. The van der Waals surface area contributed by atoms with Crippen molar-refractivity contribution in [3.63, 3.8) is 0 Å². The van der Waals surface area contributed by atoms with E-state index >= 15 is 0 Å². The fourth-order valence-corrected chi connectivity index (χ4v) is 8.19. The number of carbonyl (C=O) groups is 3. The monoisotopic (exact) mass is 613 g/mol. The number of benzene rings is 2. The zero-order valence-electron chi connectivity index (χ0n) is 25.0. The van der Waals surface area contributed by atoms with E-state index in [0.29, 0.717) is 12.5 Å². The van der Waals surface area contributed by atoms with Crippen LogP contribution in [0, 0.1) is 12.8 Å². The molecule has 4 rings (SSSR count). The molecule has 42 heavy (non-hydrogen) atoms. The second kappa shape index (κ2) is 14.2. The third-order valence-electron chi connectivity index (χ3n) is 8.02. The second-order valence-corrected chi connectivity index (χ2v) is 14.8. The Morgan fingerprint density at radius 1 is 1.10 bits per heavy atom. The lowest BCUT2D eigenvalue weighted by Crippen LogP contribution is -2.58. The number of alkyl carbamates (subject to hydrolysis) is 1. The molecule has 10 heteroatoms. The number of rotatable bonds is 10. The number of amides is 3. The van der Waals surface area contributed by atoms with Gasteiger partial charge in [-0.3, -0.25) is 9.59 Å². The second-order valence-electron chi connectivity index (χ2n) is 11.9. The molecule has 2 aliphatic rings. The number of thioether (sulfide) groups is 2. The SMILES string of the molecule is Cc1ccccc1CNC(=O)C1N(C(=O)C(O)C(Cc2ccccc2)NC(=O)OC2CCSC2C(C)C)CSC1(C)C. The van der Waals surface area contributed by atoms with Crippen LogP contribution in [0.2, 0.25) is 0 Å². The molecule has 2 fully saturated rings. The minimum atomic E-state index is -1.57. The summed E-state index contributed by atoms with van der Waals surface area (Å²) < 4.78 is 5.24. The van der Waals surface area contributed by atoms with Crippen LogP contribution in [-0.4, -0.2) is 73.8 Å². The number of aliphatic hydroxyl groups is 1. The highest BCUT2D eigenvalue weighted by Crippen LogP contribution is 2.40. The molecule has 2 saturated heterocycles. The lowest BCUT2D eigenvalue weighted by molar-refractivity contribution is -0.147. The summed E-state index contributed by atoms with van der Waals surface area (Å²) in [5.74, 6) is 0.655. The van der Waals surface area contributed by atoms with Gasteiger partial charge in [-0.05, 0) is 62.0 Å². The van der Waals surface area contributed by atoms with E-state index < -0.39 is 34.9 Å². The van der Waals surface area contributed by atoms with Crippen molar-refractivity contribution in [1.82, 2.24) is 15.5 Å². The van der Waals surface area contributed by atoms with Crippen molar-refractivity contribution in [3.05, 3.63) is 71.3 Å². The molecule has 2 aromatic rings. The maximum atomic E-state index is 13.9. The molecule has 0 bridgehead atoms. The maximum Gasteiger partial charge on any atom is 0.407 e. The first-order valence-electron chi connectivity index (χ1n) is 14.6. The normalized spacial score (nSPS) is 22.9. The van der Waals surface area contributed by atoms with Gasteiger partial charge < -0.3 is 25.4 Å². The van der Waals surface area contributed by atoms with Gasteiger partial charge in [-0.15, -0.1) is 11.8 Å². The van der Waals surface area contributed by atoms with E-state index in [2.05, 4.69) is 24.5 Å². The van der Waals surface area contributed by atoms with Crippen LogP contribution in [0.1, 0.15) is 50.8 Å². The highest BCUT2D eigenvalue weighted by molar-refractivity contribution is 8.01. The lowest BCUT2D eigenvalue weighted by atomic mass is 9.97. The Morgan fingerprint density at radius 3 is 2.48 bits per heavy atom. The van der Waals surface area contributed by atoms with Gasteiger partial charge in [0, 0.05) is 16.5 Å². The summed E-state index contributed by atoms with van der Waals surface area (Å²) in [6.07, 6.45) is -1.45. The predicted molar refractivity (Wildman–Crippen MR) is 169 cm³/mol. The molecule has 5 unspecified atom stereocenters. The van der Waals surface area contributed by atoms with Crippen molar-refractivity contribution in [3.8, 4) is 0 Å². The van der Waals surface area contributed by atoms with Gasteiger partial charge in [-0.1, -0.05) is 68.4 Å². The topological polar surface area (TPSA) is 108 Å². The molecule has 0 aliphatic carbocycles. The van der Waals surface area contributed by atoms with Gasteiger partial charge in [0.1, 0.15) is 12.1 Å². The van der Waals surface area contributed by atoms with Crippen LogP contribution < -0.4 is 10.6 Å². The summed E-state index contributed by atoms with van der Waals surface area (Å²) in [7, 11) is 0. The Morgan fingerprint density at radius 2 is 1.79 bits per heavy atom. The van der Waals surface area contributed by atoms with Gasteiger partial charge in [0.2, 0.25) is 5.91 Å². The summed E-state index contributed by atoms with van der Waals surface area (Å²) >= 11 is 3.29. The standard InChI is InChI=1S/C32H43N3O5S2/c1-20(2)27-25(15-16-41-27)40-31(39)34-24(17-22-12-7-6-8-13-22)26(36)30(38)35-19-42-32(4,5)28(35)29(37)33-18-23-14-10-9-11-21(23)3/h6-14,20,24-28,36H,15-19H2,1-5H3,(H,33,37)(H,34,39). The Bertz CT molecular complexity index is 1240. The average Bonchev–Trinajstić information content (AvgIpc) is 3.55. The van der Waals surface area contributed by atoms with Crippen LogP contribution in [0.25, 0.3) is 0 Å². The van der Waals surface area contributed by atoms with E-state index in [1.165, 1.54) is 16.7 Å². The summed E-state index contributed by atoms with van der Waals surface area (Å²) in [4.78, 5) is 41.9. The van der Waals surface area contributed by atoms with Crippen LogP contribution in [0.3, 0.4) is 0 Å². The van der Waals surface area contributed by atoms with Crippen molar-refractivity contribution in [1.29, 1.82) is 0 Å². The summed E-state index contributed by atoms with van der Waals surface area (Å²) in [6, 6.07) is 15.5. The Labute approximate surface area is 257 Å². The highest BCUT2D eigenvalue weighted by Gasteiger charge is 2.50. The molecular weight excluding hydrogens is 571 g/mol. The van der Waals surface area contributed by atoms with Gasteiger partial charge in [0.05, 0.1) is 11.9 Å². The van der Waals surface area contributed by atoms with Crippen LogP contribution in [-0.2, 0) is 27.3 Å². The van der Waals surface area contributed by atoms with Crippen LogP contribution >= 0.6 is 23.5 Å². The molecule has 2 heterocycles. The molecule has 3 N–H and O–H groups in total. The minimum Gasteiger partial charge on any atom is -0.445 e. The van der Waals surface area contributed by atoms with Gasteiger partial charge in [-0.2, -0.15) is 11.8 Å². The van der Waals surface area contributed by atoms with Gasteiger partial charge in [-0.25, -0.2) is 4.79 Å². The van der Waals surface area contributed by atoms with E-state index in [1.54, 1.807) is 11.8 Å². The zero-order chi connectivity index (χ0) is 30.4. The molecule has 0 spiro atoms. The first-order chi connectivity index (χ1) is 20.0. The number of nitrogens with zero attached hydrogens (tertiary/aromatic N) is 1. The number of ether oxygens (including phenoxy) is 1. The maximum absolute atomic E-state index is 13.9. The summed E-state index contributed by atoms with van der Waals surface area (Å²) in [5.41, 5.74) is 2.92. The van der Waals surface area contributed by atoms with Gasteiger partial charge in [0.25, 0.3) is 5.91 Å². The number of hydrogen-bond acceptors (Lipinski definition) is 7. The smallest absolute Gasteiger partial charge is 0.407 e. The average molecular weight is 614 g/mol. The first-order valence-corrected chi connectivity index (χ1v) is 16.6. The molecule has 2 aromatic carbocycles. The molecule has 0 aromatic heterocycles. The van der Waals surface area contributed by atoms with Gasteiger partial charge in [0.15, 0.2) is 6.10 Å². The molecule has 5 atom stereocenters. The highest BCUT2D eigenvalue weighted by atomic mass is 32.2. The zero-order valence-corrected chi connectivity index (χ0v) is 26.7. The van der Waals surface area contributed by atoms with Crippen molar-refractivity contribution in [2.75, 3.05) is 11.6 Å². The molecule has 0 saturated carbocycles. The quantitative estimate of drug-likeness (QED) is 0.362. The van der Waals surface area contributed by atoms with Crippen LogP contribution in [0.15, 0.2) is 54.6 Å². The summed E-state index contributed by atoms with van der Waals surface area (Å²) in [6.45, 7) is 10.4. The molecule has 8 nitrogen and oxygen atoms in total. The molecule has 2 aliphatic heterocycles. The molecular formula is C32H43N3O5S2. The van der Waals surface area contributed by atoms with E-state index in [1.807, 2.05) is 75.4 Å². The lowest BCUT2D eigenvalue weighted by Gasteiger charge is -2.33. The number of aryl methyl sites for hydroxylation is 1. The Hall–Kier alpha value is -2.69. The third kappa shape index (κ3) is 7.82.